The number of hydrogen-bond acceptors (Lipinski definition) is 8. The summed E-state index contributed by atoms with van der Waals surface area (Å²) in [6.45, 7) is 9.01. The van der Waals surface area contributed by atoms with Crippen LogP contribution in [0.5, 0.6) is 11.5 Å². The summed E-state index contributed by atoms with van der Waals surface area (Å²) in [5.41, 5.74) is 3.38. The van der Waals surface area contributed by atoms with E-state index in [0.29, 0.717) is 48.3 Å². The number of allylic oxidation sites excluding steroid dienone is 2. The summed E-state index contributed by atoms with van der Waals surface area (Å²) in [6.07, 6.45) is 5.80. The van der Waals surface area contributed by atoms with Crippen molar-refractivity contribution in [2.24, 2.45) is 0 Å². The van der Waals surface area contributed by atoms with Gasteiger partial charge in [-0.1, -0.05) is 18.6 Å². The van der Waals surface area contributed by atoms with Crippen molar-refractivity contribution < 1.29 is 33.3 Å². The fraction of sp³-hybridized carbons (Fsp3) is 0.577. The topological polar surface area (TPSA) is 91.4 Å². The molecule has 0 unspecified atom stereocenters. The number of carbonyl (C=O) groups excluding carboxylic acids is 3. The predicted octanol–water partition coefficient (Wildman–Crippen LogP) is 3.90. The van der Waals surface area contributed by atoms with Crippen LogP contribution in [0.15, 0.2) is 11.6 Å². The van der Waals surface area contributed by atoms with Crippen molar-refractivity contribution in [1.29, 1.82) is 0 Å². The van der Waals surface area contributed by atoms with Crippen LogP contribution in [0.3, 0.4) is 0 Å². The molecule has 0 spiro atoms. The van der Waals surface area contributed by atoms with E-state index in [1.165, 1.54) is 12.8 Å². The van der Waals surface area contributed by atoms with Crippen LogP contribution in [0, 0.1) is 6.92 Å². The van der Waals surface area contributed by atoms with Crippen molar-refractivity contribution in [2.45, 2.75) is 65.9 Å². The van der Waals surface area contributed by atoms with Gasteiger partial charge in [-0.25, -0.2) is 4.79 Å². The zero-order valence-electron chi connectivity index (χ0n) is 20.7. The number of esters is 3. The van der Waals surface area contributed by atoms with Gasteiger partial charge in [-0.2, -0.15) is 0 Å². The molecule has 1 saturated heterocycles. The Kier molecular flexibility index (Phi) is 9.10. The highest BCUT2D eigenvalue weighted by Gasteiger charge is 2.33. The molecule has 1 aromatic carbocycles. The van der Waals surface area contributed by atoms with E-state index < -0.39 is 11.9 Å². The Morgan fingerprint density at radius 2 is 1.85 bits per heavy atom. The average Bonchev–Trinajstić information content (AvgIpc) is 3.48. The normalized spacial score (nSPS) is 15.8. The third kappa shape index (κ3) is 6.17. The molecule has 0 N–H and O–H groups in total. The van der Waals surface area contributed by atoms with Crippen molar-refractivity contribution in [1.82, 2.24) is 4.90 Å². The molecular weight excluding hydrogens is 438 g/mol. The number of hydrogen-bond donors (Lipinski definition) is 0. The molecule has 186 valence electrons. The molecule has 0 bridgehead atoms. The molecule has 34 heavy (non-hydrogen) atoms. The minimum absolute atomic E-state index is 0.127. The lowest BCUT2D eigenvalue weighted by atomic mass is 9.94. The second-order valence-corrected chi connectivity index (χ2v) is 8.75. The van der Waals surface area contributed by atoms with Crippen LogP contribution in [0.25, 0.3) is 0 Å². The number of rotatable bonds is 11. The monoisotopic (exact) mass is 473 g/mol. The maximum absolute atomic E-state index is 12.4. The van der Waals surface area contributed by atoms with Gasteiger partial charge in [0.15, 0.2) is 5.75 Å². The summed E-state index contributed by atoms with van der Waals surface area (Å²) in [6, 6.07) is 0. The summed E-state index contributed by atoms with van der Waals surface area (Å²) >= 11 is 0. The van der Waals surface area contributed by atoms with Gasteiger partial charge in [0.05, 0.1) is 7.11 Å². The molecule has 2 aliphatic rings. The summed E-state index contributed by atoms with van der Waals surface area (Å²) < 4.78 is 21.8. The van der Waals surface area contributed by atoms with E-state index in [4.69, 9.17) is 18.9 Å². The van der Waals surface area contributed by atoms with Crippen molar-refractivity contribution in [3.05, 3.63) is 33.9 Å². The summed E-state index contributed by atoms with van der Waals surface area (Å²) in [5, 5.41) is 0. The van der Waals surface area contributed by atoms with Crippen LogP contribution in [0.4, 0.5) is 0 Å². The number of ether oxygens (including phenoxy) is 4. The third-order valence-electron chi connectivity index (χ3n) is 6.38. The van der Waals surface area contributed by atoms with Gasteiger partial charge in [0.1, 0.15) is 24.5 Å². The minimum atomic E-state index is -0.502. The van der Waals surface area contributed by atoms with Gasteiger partial charge in [0.2, 0.25) is 0 Å². The Morgan fingerprint density at radius 1 is 1.12 bits per heavy atom. The molecule has 0 radical (unpaired) electrons. The molecule has 0 atom stereocenters. The lowest BCUT2D eigenvalue weighted by Gasteiger charge is -2.18. The van der Waals surface area contributed by atoms with E-state index in [0.717, 1.165) is 30.8 Å². The first kappa shape index (κ1) is 25.7. The molecule has 8 nitrogen and oxygen atoms in total. The second kappa shape index (κ2) is 12.0. The van der Waals surface area contributed by atoms with Crippen molar-refractivity contribution in [3.63, 3.8) is 0 Å². The first-order valence-corrected chi connectivity index (χ1v) is 12.0. The van der Waals surface area contributed by atoms with E-state index in [9.17, 15) is 14.4 Å². The Balaban J connectivity index is 1.69. The number of likely N-dealkylation sites (tertiary alicyclic amines) is 1. The second-order valence-electron chi connectivity index (χ2n) is 8.75. The first-order chi connectivity index (χ1) is 16.3. The third-order valence-corrected chi connectivity index (χ3v) is 6.38. The fourth-order valence-corrected chi connectivity index (χ4v) is 4.35. The van der Waals surface area contributed by atoms with E-state index in [1.807, 2.05) is 19.9 Å². The summed E-state index contributed by atoms with van der Waals surface area (Å²) in [5.74, 6) is -0.374. The van der Waals surface area contributed by atoms with E-state index in [-0.39, 0.29) is 24.7 Å². The SMILES string of the molecule is CCC(=O)Oc1c(CC=C(C)CCC(=O)OCCN2CCCC2)c(OC)c(C)c2c1C(=O)OC2. The van der Waals surface area contributed by atoms with Crippen LogP contribution < -0.4 is 9.47 Å². The number of fused-ring (bicyclic) bond motifs is 1. The molecule has 3 rings (SSSR count). The highest BCUT2D eigenvalue weighted by atomic mass is 16.6. The van der Waals surface area contributed by atoms with Crippen LogP contribution in [0.2, 0.25) is 0 Å². The molecule has 0 saturated carbocycles. The lowest BCUT2D eigenvalue weighted by Crippen LogP contribution is -2.25. The Bertz CT molecular complexity index is 961. The fourth-order valence-electron chi connectivity index (χ4n) is 4.35. The lowest BCUT2D eigenvalue weighted by molar-refractivity contribution is -0.144. The first-order valence-electron chi connectivity index (χ1n) is 12.0. The van der Waals surface area contributed by atoms with Crippen molar-refractivity contribution in [2.75, 3.05) is 33.4 Å². The molecular formula is C26H35NO7. The van der Waals surface area contributed by atoms with E-state index in [1.54, 1.807) is 14.0 Å². The predicted molar refractivity (Wildman–Crippen MR) is 126 cm³/mol. The molecule has 0 aromatic heterocycles. The van der Waals surface area contributed by atoms with Crippen molar-refractivity contribution >= 4 is 17.9 Å². The number of carbonyl (C=O) groups is 3. The molecule has 1 fully saturated rings. The van der Waals surface area contributed by atoms with Gasteiger partial charge in [-0.15, -0.1) is 0 Å². The van der Waals surface area contributed by atoms with Gasteiger partial charge in [0.25, 0.3) is 0 Å². The highest BCUT2D eigenvalue weighted by Crippen LogP contribution is 2.43. The van der Waals surface area contributed by atoms with Crippen LogP contribution in [0.1, 0.15) is 73.0 Å². The van der Waals surface area contributed by atoms with Gasteiger partial charge in [-0.3, -0.25) is 14.5 Å². The maximum atomic E-state index is 12.4. The zero-order valence-corrected chi connectivity index (χ0v) is 20.7. The Labute approximate surface area is 201 Å². The minimum Gasteiger partial charge on any atom is -0.496 e. The van der Waals surface area contributed by atoms with Gasteiger partial charge < -0.3 is 18.9 Å². The summed E-state index contributed by atoms with van der Waals surface area (Å²) in [7, 11) is 1.55. The standard InChI is InChI=1S/C26H35NO7/c1-5-21(28)34-25-19(24(31-4)18(3)20-16-33-26(30)23(20)25)10-8-17(2)9-11-22(29)32-15-14-27-12-6-7-13-27/h8H,5-7,9-16H2,1-4H3. The quantitative estimate of drug-likeness (QED) is 0.272. The molecule has 2 heterocycles. The number of methoxy groups -OCH3 is 1. The molecule has 2 aliphatic heterocycles. The van der Waals surface area contributed by atoms with E-state index in [2.05, 4.69) is 4.90 Å². The van der Waals surface area contributed by atoms with Gasteiger partial charge in [-0.05, 0) is 58.2 Å². The highest BCUT2D eigenvalue weighted by molar-refractivity contribution is 5.99. The number of benzene rings is 1. The molecule has 0 amide bonds. The largest absolute Gasteiger partial charge is 0.496 e. The Hall–Kier alpha value is -2.87. The number of cyclic esters (lactones) is 1. The molecule has 0 aliphatic carbocycles. The van der Waals surface area contributed by atoms with E-state index >= 15 is 0 Å². The van der Waals surface area contributed by atoms with Crippen LogP contribution in [-0.4, -0.2) is 56.2 Å². The molecule has 8 heteroatoms. The van der Waals surface area contributed by atoms with Crippen LogP contribution >= 0.6 is 0 Å². The van der Waals surface area contributed by atoms with Gasteiger partial charge >= 0.3 is 17.9 Å². The molecule has 1 aromatic rings. The zero-order chi connectivity index (χ0) is 24.7. The Morgan fingerprint density at radius 3 is 2.53 bits per heavy atom. The smallest absolute Gasteiger partial charge is 0.342 e. The van der Waals surface area contributed by atoms with Gasteiger partial charge in [0, 0.05) is 30.5 Å². The average molecular weight is 474 g/mol. The van der Waals surface area contributed by atoms with Crippen LogP contribution in [-0.2, 0) is 32.1 Å². The van der Waals surface area contributed by atoms with Crippen molar-refractivity contribution in [3.8, 4) is 11.5 Å². The number of nitrogens with zero attached hydrogens (tertiary/aromatic N) is 1. The maximum Gasteiger partial charge on any atom is 0.342 e. The summed E-state index contributed by atoms with van der Waals surface area (Å²) in [4.78, 5) is 39.0.